The molecular weight excluding hydrogens is 705 g/mol. The van der Waals surface area contributed by atoms with Gasteiger partial charge in [0.05, 0.1) is 56.2 Å². The SMILES string of the molecule is Cc1ccc2oc(-c3ccc(OCCOCCOCCn4cc(CCCCOc5ccc(/C=C/C(=O)c6ccc(F)cc6O)cc5)nn4)cc3)cc(=O)c2c1. The van der Waals surface area contributed by atoms with Crippen LogP contribution in [0.4, 0.5) is 4.39 Å². The number of nitrogens with zero attached hydrogens (tertiary/aromatic N) is 3. The molecule has 0 amide bonds. The van der Waals surface area contributed by atoms with Crippen LogP contribution in [0.2, 0.25) is 0 Å². The molecule has 55 heavy (non-hydrogen) atoms. The number of carbonyl (C=O) groups excluding carboxylic acids is 1. The van der Waals surface area contributed by atoms with E-state index in [2.05, 4.69) is 10.3 Å². The summed E-state index contributed by atoms with van der Waals surface area (Å²) in [5.74, 6) is 0.516. The van der Waals surface area contributed by atoms with Crippen LogP contribution in [-0.2, 0) is 22.4 Å². The minimum Gasteiger partial charge on any atom is -0.507 e. The maximum Gasteiger partial charge on any atom is 0.193 e. The van der Waals surface area contributed by atoms with Crippen LogP contribution in [0.15, 0.2) is 112 Å². The van der Waals surface area contributed by atoms with E-state index in [0.717, 1.165) is 59.5 Å². The van der Waals surface area contributed by atoms with Gasteiger partial charge in [-0.2, -0.15) is 0 Å². The predicted molar refractivity (Wildman–Crippen MR) is 206 cm³/mol. The van der Waals surface area contributed by atoms with Crippen molar-refractivity contribution in [3.05, 3.63) is 142 Å². The number of ketones is 1. The first-order valence-corrected chi connectivity index (χ1v) is 18.1. The smallest absolute Gasteiger partial charge is 0.193 e. The molecule has 0 fully saturated rings. The van der Waals surface area contributed by atoms with Gasteiger partial charge in [0.1, 0.15) is 41.0 Å². The monoisotopic (exact) mass is 747 g/mol. The normalized spacial score (nSPS) is 11.4. The number of phenolic OH excluding ortho intramolecular Hbond substituents is 1. The number of halogens is 1. The highest BCUT2D eigenvalue weighted by Gasteiger charge is 2.10. The summed E-state index contributed by atoms with van der Waals surface area (Å²) in [6.45, 7) is 5.28. The van der Waals surface area contributed by atoms with Crippen molar-refractivity contribution in [2.75, 3.05) is 39.6 Å². The van der Waals surface area contributed by atoms with Gasteiger partial charge in [-0.15, -0.1) is 5.10 Å². The molecule has 11 nitrogen and oxygen atoms in total. The molecule has 0 spiro atoms. The number of aryl methyl sites for hydroxylation is 2. The zero-order valence-electron chi connectivity index (χ0n) is 30.5. The van der Waals surface area contributed by atoms with E-state index in [1.165, 1.54) is 18.2 Å². The maximum absolute atomic E-state index is 13.2. The number of hydrogen-bond acceptors (Lipinski definition) is 10. The van der Waals surface area contributed by atoms with Crippen molar-refractivity contribution < 1.29 is 37.7 Å². The fraction of sp³-hybridized carbons (Fsp3) is 0.256. The molecule has 2 heterocycles. The highest BCUT2D eigenvalue weighted by Crippen LogP contribution is 2.25. The minimum atomic E-state index is -0.605. The largest absolute Gasteiger partial charge is 0.507 e. The molecule has 0 atom stereocenters. The molecular formula is C43H42FN3O8. The van der Waals surface area contributed by atoms with Crippen LogP contribution in [0, 0.1) is 12.7 Å². The van der Waals surface area contributed by atoms with Gasteiger partial charge in [-0.1, -0.05) is 35.1 Å². The number of phenols is 1. The van der Waals surface area contributed by atoms with Crippen molar-refractivity contribution in [3.63, 3.8) is 0 Å². The highest BCUT2D eigenvalue weighted by atomic mass is 19.1. The molecule has 0 aliphatic rings. The fourth-order valence-corrected chi connectivity index (χ4v) is 5.64. The number of ether oxygens (including phenoxy) is 4. The second-order valence-electron chi connectivity index (χ2n) is 12.8. The molecule has 284 valence electrons. The number of aromatic nitrogens is 3. The summed E-state index contributed by atoms with van der Waals surface area (Å²) in [7, 11) is 0. The van der Waals surface area contributed by atoms with Gasteiger partial charge in [0.15, 0.2) is 11.2 Å². The number of rotatable bonds is 20. The maximum atomic E-state index is 13.2. The average molecular weight is 748 g/mol. The summed E-state index contributed by atoms with van der Waals surface area (Å²) in [6, 6.07) is 25.1. The third kappa shape index (κ3) is 11.4. The molecule has 0 unspecified atom stereocenters. The van der Waals surface area contributed by atoms with Crippen LogP contribution in [-0.4, -0.2) is 65.5 Å². The third-order valence-electron chi connectivity index (χ3n) is 8.57. The van der Waals surface area contributed by atoms with Crippen LogP contribution >= 0.6 is 0 Å². The van der Waals surface area contributed by atoms with E-state index < -0.39 is 11.6 Å². The number of aromatic hydroxyl groups is 1. The Balaban J connectivity index is 0.782. The van der Waals surface area contributed by atoms with E-state index in [-0.39, 0.29) is 16.7 Å². The van der Waals surface area contributed by atoms with Crippen LogP contribution in [0.3, 0.4) is 0 Å². The molecule has 4 aromatic carbocycles. The Bertz CT molecular complexity index is 2270. The summed E-state index contributed by atoms with van der Waals surface area (Å²) in [6.07, 6.45) is 7.42. The Morgan fingerprint density at radius 2 is 1.56 bits per heavy atom. The van der Waals surface area contributed by atoms with Crippen LogP contribution < -0.4 is 14.9 Å². The van der Waals surface area contributed by atoms with Gasteiger partial charge in [0.25, 0.3) is 0 Å². The highest BCUT2D eigenvalue weighted by molar-refractivity contribution is 6.08. The Morgan fingerprint density at radius 3 is 2.35 bits per heavy atom. The summed E-state index contributed by atoms with van der Waals surface area (Å²) in [4.78, 5) is 24.9. The lowest BCUT2D eigenvalue weighted by Gasteiger charge is -2.09. The molecule has 6 rings (SSSR count). The van der Waals surface area contributed by atoms with Gasteiger partial charge < -0.3 is 28.5 Å². The van der Waals surface area contributed by atoms with E-state index in [9.17, 15) is 19.1 Å². The first-order valence-electron chi connectivity index (χ1n) is 18.1. The van der Waals surface area contributed by atoms with E-state index in [0.29, 0.717) is 68.7 Å². The summed E-state index contributed by atoms with van der Waals surface area (Å²) < 4.78 is 43.8. The molecule has 12 heteroatoms. The van der Waals surface area contributed by atoms with Crippen molar-refractivity contribution >= 4 is 22.8 Å². The molecule has 6 aromatic rings. The molecule has 2 aromatic heterocycles. The van der Waals surface area contributed by atoms with Crippen LogP contribution in [0.5, 0.6) is 17.2 Å². The van der Waals surface area contributed by atoms with Gasteiger partial charge in [-0.3, -0.25) is 9.59 Å². The second kappa shape index (κ2) is 19.3. The van der Waals surface area contributed by atoms with Gasteiger partial charge in [-0.05, 0) is 98.5 Å². The topological polar surface area (TPSA) is 135 Å². The number of fused-ring (bicyclic) bond motifs is 1. The van der Waals surface area contributed by atoms with Gasteiger partial charge >= 0.3 is 0 Å². The first kappa shape index (κ1) is 38.6. The number of carbonyl (C=O) groups is 1. The van der Waals surface area contributed by atoms with Crippen LogP contribution in [0.25, 0.3) is 28.4 Å². The number of unbranched alkanes of at least 4 members (excludes halogenated alkanes) is 1. The molecule has 1 N–H and O–H groups in total. The van der Waals surface area contributed by atoms with Crippen molar-refractivity contribution in [1.29, 1.82) is 0 Å². The molecule has 0 bridgehead atoms. The van der Waals surface area contributed by atoms with Crippen molar-refractivity contribution in [3.8, 4) is 28.6 Å². The lowest BCUT2D eigenvalue weighted by atomic mass is 10.1. The van der Waals surface area contributed by atoms with E-state index >= 15 is 0 Å². The second-order valence-corrected chi connectivity index (χ2v) is 12.8. The predicted octanol–water partition coefficient (Wildman–Crippen LogP) is 7.61. The first-order chi connectivity index (χ1) is 26.8. The lowest BCUT2D eigenvalue weighted by molar-refractivity contribution is 0.0333. The average Bonchev–Trinajstić information content (AvgIpc) is 3.64. The Morgan fingerprint density at radius 1 is 0.836 bits per heavy atom. The molecule has 0 aliphatic carbocycles. The molecule has 0 radical (unpaired) electrons. The van der Waals surface area contributed by atoms with Crippen molar-refractivity contribution in [1.82, 2.24) is 15.0 Å². The number of hydrogen-bond donors (Lipinski definition) is 1. The fourth-order valence-electron chi connectivity index (χ4n) is 5.64. The number of allylic oxidation sites excluding steroid dienone is 1. The van der Waals surface area contributed by atoms with Gasteiger partial charge in [0, 0.05) is 23.9 Å². The third-order valence-corrected chi connectivity index (χ3v) is 8.57. The Labute approximate surface area is 317 Å². The Kier molecular flexibility index (Phi) is 13.5. The molecule has 0 saturated heterocycles. The Hall–Kier alpha value is -6.11. The van der Waals surface area contributed by atoms with E-state index in [1.807, 2.05) is 79.9 Å². The summed E-state index contributed by atoms with van der Waals surface area (Å²) in [5, 5.41) is 18.8. The number of benzene rings is 4. The zero-order chi connectivity index (χ0) is 38.4. The van der Waals surface area contributed by atoms with Crippen LogP contribution in [0.1, 0.15) is 40.0 Å². The zero-order valence-corrected chi connectivity index (χ0v) is 30.5. The van der Waals surface area contributed by atoms with Gasteiger partial charge in [-0.25, -0.2) is 9.07 Å². The minimum absolute atomic E-state index is 0.0411. The van der Waals surface area contributed by atoms with Crippen molar-refractivity contribution in [2.24, 2.45) is 0 Å². The molecule has 0 saturated carbocycles. The summed E-state index contributed by atoms with van der Waals surface area (Å²) >= 11 is 0. The quantitative estimate of drug-likeness (QED) is 0.0472. The van der Waals surface area contributed by atoms with E-state index in [4.69, 9.17) is 23.4 Å². The van der Waals surface area contributed by atoms with E-state index in [1.54, 1.807) is 10.8 Å². The summed E-state index contributed by atoms with van der Waals surface area (Å²) in [5.41, 5.74) is 4.04. The van der Waals surface area contributed by atoms with Gasteiger partial charge in [0.2, 0.25) is 0 Å². The van der Waals surface area contributed by atoms with Crippen molar-refractivity contribution in [2.45, 2.75) is 32.7 Å². The molecule has 0 aliphatic heterocycles. The lowest BCUT2D eigenvalue weighted by Crippen LogP contribution is -2.13. The standard InChI is InChI=1S/C43H42FN3O8/c1-30-5-18-42-38(26-30)41(50)28-43(55-42)32-9-14-36(15-10-32)54-25-24-52-23-22-51-21-19-47-29-34(45-46-47)4-2-3-20-53-35-12-6-31(7-13-35)8-17-39(48)37-16-11-33(44)27-40(37)49/h5-18,26-29,49H,2-4,19-25H2,1H3/b17-8+.